The van der Waals surface area contributed by atoms with Crippen LogP contribution in [0.25, 0.3) is 11.1 Å². The maximum Gasteiger partial charge on any atom is 0.261 e. The first-order chi connectivity index (χ1) is 12.5. The van der Waals surface area contributed by atoms with Gasteiger partial charge in [0.25, 0.3) is 5.91 Å². The van der Waals surface area contributed by atoms with Crippen molar-refractivity contribution in [3.63, 3.8) is 0 Å². The van der Waals surface area contributed by atoms with Crippen molar-refractivity contribution in [3.8, 4) is 17.2 Å². The SMILES string of the molecule is CCN(CCOC)c1sc(C(=O)NC)c(-c2cc(Cl)ccc2Cl)c1C#N. The lowest BCUT2D eigenvalue weighted by atomic mass is 10.0. The van der Waals surface area contributed by atoms with E-state index in [0.717, 1.165) is 5.00 Å². The molecule has 8 heteroatoms. The Morgan fingerprint density at radius 1 is 1.42 bits per heavy atom. The number of amides is 1. The second kappa shape index (κ2) is 9.24. The van der Waals surface area contributed by atoms with Gasteiger partial charge in [-0.3, -0.25) is 4.79 Å². The number of methoxy groups -OCH3 is 1. The highest BCUT2D eigenvalue weighted by atomic mass is 35.5. The van der Waals surface area contributed by atoms with Crippen LogP contribution in [-0.2, 0) is 4.74 Å². The fourth-order valence-electron chi connectivity index (χ4n) is 2.57. The third-order valence-electron chi connectivity index (χ3n) is 3.87. The van der Waals surface area contributed by atoms with Crippen LogP contribution in [0.5, 0.6) is 0 Å². The van der Waals surface area contributed by atoms with Gasteiger partial charge in [-0.2, -0.15) is 5.26 Å². The van der Waals surface area contributed by atoms with Crippen molar-refractivity contribution >= 4 is 45.4 Å². The van der Waals surface area contributed by atoms with Gasteiger partial charge in [-0.25, -0.2) is 0 Å². The first-order valence-corrected chi connectivity index (χ1v) is 9.53. The van der Waals surface area contributed by atoms with E-state index in [1.54, 1.807) is 32.4 Å². The third kappa shape index (κ3) is 4.13. The number of rotatable bonds is 7. The summed E-state index contributed by atoms with van der Waals surface area (Å²) in [5.41, 5.74) is 1.49. The summed E-state index contributed by atoms with van der Waals surface area (Å²) in [7, 11) is 3.18. The number of nitrogens with zero attached hydrogens (tertiary/aromatic N) is 2. The van der Waals surface area contributed by atoms with Gasteiger partial charge in [-0.1, -0.05) is 23.2 Å². The van der Waals surface area contributed by atoms with Crippen molar-refractivity contribution in [3.05, 3.63) is 38.7 Å². The molecule has 138 valence electrons. The van der Waals surface area contributed by atoms with Crippen molar-refractivity contribution in [2.45, 2.75) is 6.92 Å². The molecule has 1 aromatic carbocycles. The molecule has 0 aliphatic rings. The first kappa shape index (κ1) is 20.5. The van der Waals surface area contributed by atoms with Gasteiger partial charge in [0.2, 0.25) is 0 Å². The van der Waals surface area contributed by atoms with Crippen LogP contribution in [0.4, 0.5) is 5.00 Å². The number of hydrogen-bond acceptors (Lipinski definition) is 5. The summed E-state index contributed by atoms with van der Waals surface area (Å²) < 4.78 is 5.16. The Kier molecular flexibility index (Phi) is 7.30. The van der Waals surface area contributed by atoms with Crippen LogP contribution in [0, 0.1) is 11.3 Å². The zero-order valence-electron chi connectivity index (χ0n) is 14.7. The number of carbonyl (C=O) groups is 1. The molecule has 1 N–H and O–H groups in total. The molecular weight excluding hydrogens is 393 g/mol. The van der Waals surface area contributed by atoms with E-state index < -0.39 is 0 Å². The predicted octanol–water partition coefficient (Wildman–Crippen LogP) is 4.43. The van der Waals surface area contributed by atoms with E-state index in [-0.39, 0.29) is 5.91 Å². The van der Waals surface area contributed by atoms with Crippen LogP contribution in [0.2, 0.25) is 10.0 Å². The fraction of sp³-hybridized carbons (Fsp3) is 0.333. The molecular formula is C18H19Cl2N3O2S. The quantitative estimate of drug-likeness (QED) is 0.731. The molecule has 0 saturated heterocycles. The third-order valence-corrected chi connectivity index (χ3v) is 5.68. The highest BCUT2D eigenvalue weighted by molar-refractivity contribution is 7.19. The van der Waals surface area contributed by atoms with Crippen LogP contribution < -0.4 is 10.2 Å². The summed E-state index contributed by atoms with van der Waals surface area (Å²) in [6, 6.07) is 7.25. The number of nitrogens with one attached hydrogen (secondary N) is 1. The largest absolute Gasteiger partial charge is 0.383 e. The van der Waals surface area contributed by atoms with Gasteiger partial charge < -0.3 is 15.0 Å². The molecule has 1 heterocycles. The summed E-state index contributed by atoms with van der Waals surface area (Å²) in [5, 5.41) is 14.1. The van der Waals surface area contributed by atoms with Gasteiger partial charge in [0.1, 0.15) is 15.9 Å². The molecule has 0 fully saturated rings. The Hall–Kier alpha value is -1.78. The van der Waals surface area contributed by atoms with Crippen molar-refractivity contribution in [2.24, 2.45) is 0 Å². The summed E-state index contributed by atoms with van der Waals surface area (Å²) in [6.45, 7) is 3.79. The van der Waals surface area contributed by atoms with Gasteiger partial charge in [0.05, 0.1) is 12.2 Å². The Bertz CT molecular complexity index is 846. The van der Waals surface area contributed by atoms with E-state index >= 15 is 0 Å². The highest BCUT2D eigenvalue weighted by Crippen LogP contribution is 2.44. The highest BCUT2D eigenvalue weighted by Gasteiger charge is 2.27. The smallest absolute Gasteiger partial charge is 0.261 e. The summed E-state index contributed by atoms with van der Waals surface area (Å²) >= 11 is 13.8. The minimum Gasteiger partial charge on any atom is -0.383 e. The van der Waals surface area contributed by atoms with Gasteiger partial charge in [-0.15, -0.1) is 11.3 Å². The number of thiophene rings is 1. The number of nitriles is 1. The molecule has 1 amide bonds. The molecule has 0 radical (unpaired) electrons. The Morgan fingerprint density at radius 2 is 2.15 bits per heavy atom. The maximum atomic E-state index is 12.5. The zero-order valence-corrected chi connectivity index (χ0v) is 17.1. The molecule has 0 spiro atoms. The fourth-order valence-corrected chi connectivity index (χ4v) is 4.26. The van der Waals surface area contributed by atoms with Crippen LogP contribution in [-0.4, -0.2) is 39.8 Å². The van der Waals surface area contributed by atoms with E-state index in [4.69, 9.17) is 27.9 Å². The molecule has 0 unspecified atom stereocenters. The van der Waals surface area contributed by atoms with Gasteiger partial charge in [0, 0.05) is 48.4 Å². The number of likely N-dealkylation sites (N-methyl/N-ethyl adjacent to an activating group) is 1. The van der Waals surface area contributed by atoms with Crippen molar-refractivity contribution in [2.75, 3.05) is 38.8 Å². The minimum atomic E-state index is -0.272. The molecule has 26 heavy (non-hydrogen) atoms. The van der Waals surface area contributed by atoms with Crippen molar-refractivity contribution in [1.82, 2.24) is 5.32 Å². The predicted molar refractivity (Wildman–Crippen MR) is 108 cm³/mol. The number of hydrogen-bond donors (Lipinski definition) is 1. The second-order valence-corrected chi connectivity index (χ2v) is 7.22. The molecule has 0 bridgehead atoms. The molecule has 0 aliphatic carbocycles. The average Bonchev–Trinajstić information content (AvgIpc) is 3.03. The maximum absolute atomic E-state index is 12.5. The van der Waals surface area contributed by atoms with E-state index in [2.05, 4.69) is 11.4 Å². The molecule has 2 rings (SSSR count). The van der Waals surface area contributed by atoms with Crippen molar-refractivity contribution < 1.29 is 9.53 Å². The van der Waals surface area contributed by atoms with Crippen LogP contribution in [0.15, 0.2) is 18.2 Å². The topological polar surface area (TPSA) is 65.4 Å². The number of ether oxygens (including phenoxy) is 1. The molecule has 0 aliphatic heterocycles. The number of benzene rings is 1. The van der Waals surface area contributed by atoms with E-state index in [0.29, 0.717) is 51.3 Å². The van der Waals surface area contributed by atoms with Gasteiger partial charge in [0.15, 0.2) is 0 Å². The van der Waals surface area contributed by atoms with Crippen LogP contribution >= 0.6 is 34.5 Å². The summed E-state index contributed by atoms with van der Waals surface area (Å²) in [5.74, 6) is -0.272. The Labute approximate surface area is 167 Å². The van der Waals surface area contributed by atoms with E-state index in [1.807, 2.05) is 11.8 Å². The molecule has 0 saturated carbocycles. The van der Waals surface area contributed by atoms with Gasteiger partial charge in [-0.05, 0) is 25.1 Å². The Balaban J connectivity index is 2.75. The monoisotopic (exact) mass is 411 g/mol. The minimum absolute atomic E-state index is 0.272. The van der Waals surface area contributed by atoms with E-state index in [1.165, 1.54) is 11.3 Å². The summed E-state index contributed by atoms with van der Waals surface area (Å²) in [6.07, 6.45) is 0. The lowest BCUT2D eigenvalue weighted by molar-refractivity contribution is 0.0967. The number of carbonyl (C=O) groups excluding carboxylic acids is 1. The first-order valence-electron chi connectivity index (χ1n) is 7.96. The average molecular weight is 412 g/mol. The van der Waals surface area contributed by atoms with Crippen LogP contribution in [0.1, 0.15) is 22.2 Å². The molecule has 0 atom stereocenters. The lowest BCUT2D eigenvalue weighted by Crippen LogP contribution is -2.26. The number of anilines is 1. The van der Waals surface area contributed by atoms with Crippen LogP contribution in [0.3, 0.4) is 0 Å². The van der Waals surface area contributed by atoms with Gasteiger partial charge >= 0.3 is 0 Å². The Morgan fingerprint density at radius 3 is 2.73 bits per heavy atom. The molecule has 2 aromatic rings. The molecule has 1 aromatic heterocycles. The summed E-state index contributed by atoms with van der Waals surface area (Å²) in [4.78, 5) is 14.9. The standard InChI is InChI=1S/C18H19Cl2N3O2S/c1-4-23(7-8-25-3)18-13(10-21)15(16(26-18)17(24)22-2)12-9-11(19)5-6-14(12)20/h5-6,9H,4,7-8H2,1-3H3,(H,22,24). The normalized spacial score (nSPS) is 10.5. The second-order valence-electron chi connectivity index (χ2n) is 5.37. The molecule has 5 nitrogen and oxygen atoms in total. The zero-order chi connectivity index (χ0) is 19.3. The van der Waals surface area contributed by atoms with E-state index in [9.17, 15) is 10.1 Å². The number of halogens is 2. The lowest BCUT2D eigenvalue weighted by Gasteiger charge is -2.21. The van der Waals surface area contributed by atoms with Crippen molar-refractivity contribution in [1.29, 1.82) is 5.26 Å².